The quantitative estimate of drug-likeness (QED) is 0.392. The van der Waals surface area contributed by atoms with Crippen molar-refractivity contribution in [1.82, 2.24) is 0 Å². The molecule has 0 aromatic heterocycles. The van der Waals surface area contributed by atoms with E-state index in [9.17, 15) is 14.4 Å². The Kier molecular flexibility index (Phi) is 8.34. The van der Waals surface area contributed by atoms with Gasteiger partial charge in [0.05, 0.1) is 32.1 Å². The molecule has 1 atom stereocenters. The monoisotopic (exact) mass is 396 g/mol. The summed E-state index contributed by atoms with van der Waals surface area (Å²) >= 11 is 1.54. The lowest BCUT2D eigenvalue weighted by atomic mass is 9.93. The number of rotatable bonds is 7. The molecule has 1 aromatic carbocycles. The molecule has 1 unspecified atom stereocenters. The van der Waals surface area contributed by atoms with Crippen molar-refractivity contribution in [3.63, 3.8) is 0 Å². The summed E-state index contributed by atoms with van der Waals surface area (Å²) in [5.41, 5.74) is 0.145. The highest BCUT2D eigenvalue weighted by Crippen LogP contribution is 2.35. The van der Waals surface area contributed by atoms with Crippen molar-refractivity contribution in [1.29, 1.82) is 0 Å². The van der Waals surface area contributed by atoms with Crippen molar-refractivity contribution in [2.45, 2.75) is 62.7 Å². The second-order valence-electron chi connectivity index (χ2n) is 7.28. The lowest BCUT2D eigenvalue weighted by Crippen LogP contribution is -2.29. The van der Waals surface area contributed by atoms with Crippen LogP contribution in [0.4, 0.5) is 0 Å². The molecule has 1 aromatic rings. The minimum atomic E-state index is -0.887. The zero-order valence-electron chi connectivity index (χ0n) is 17.0. The van der Waals surface area contributed by atoms with Gasteiger partial charge in [-0.15, -0.1) is 11.8 Å². The van der Waals surface area contributed by atoms with Crippen LogP contribution in [0.5, 0.6) is 0 Å². The van der Waals surface area contributed by atoms with Crippen molar-refractivity contribution >= 4 is 29.7 Å². The predicted molar refractivity (Wildman–Crippen MR) is 104 cm³/mol. The van der Waals surface area contributed by atoms with E-state index in [0.29, 0.717) is 11.1 Å². The van der Waals surface area contributed by atoms with E-state index < -0.39 is 29.4 Å². The van der Waals surface area contributed by atoms with E-state index in [1.165, 1.54) is 26.0 Å². The lowest BCUT2D eigenvalue weighted by Gasteiger charge is -2.25. The Labute approximate surface area is 164 Å². The fraction of sp³-hybridized carbons (Fsp3) is 0.550. The number of esters is 3. The minimum Gasteiger partial charge on any atom is -0.469 e. The van der Waals surface area contributed by atoms with Gasteiger partial charge in [-0.1, -0.05) is 13.8 Å². The van der Waals surface area contributed by atoms with Crippen LogP contribution in [-0.2, 0) is 23.8 Å². The van der Waals surface area contributed by atoms with Crippen LogP contribution in [0.25, 0.3) is 0 Å². The third-order valence-corrected chi connectivity index (χ3v) is 4.56. The van der Waals surface area contributed by atoms with Gasteiger partial charge in [0.15, 0.2) is 0 Å². The van der Waals surface area contributed by atoms with E-state index in [1.807, 2.05) is 13.8 Å². The van der Waals surface area contributed by atoms with Crippen molar-refractivity contribution in [3.8, 4) is 0 Å². The summed E-state index contributed by atoms with van der Waals surface area (Å²) in [6.45, 7) is 9.31. The smallest absolute Gasteiger partial charge is 0.337 e. The molecule has 27 heavy (non-hydrogen) atoms. The third kappa shape index (κ3) is 7.25. The van der Waals surface area contributed by atoms with Crippen molar-refractivity contribution < 1.29 is 28.6 Å². The fourth-order valence-electron chi connectivity index (χ4n) is 2.37. The molecule has 7 heteroatoms. The number of carbonyl (C=O) groups excluding carboxylic acids is 3. The summed E-state index contributed by atoms with van der Waals surface area (Å²) in [5, 5.41) is 0.241. The Balaban J connectivity index is 3.47. The summed E-state index contributed by atoms with van der Waals surface area (Å²) in [6, 6.07) is 5.00. The summed E-state index contributed by atoms with van der Waals surface area (Å²) in [6.07, 6.45) is -0.179. The maximum absolute atomic E-state index is 12.8. The number of carbonyl (C=O) groups is 3. The van der Waals surface area contributed by atoms with Gasteiger partial charge < -0.3 is 14.2 Å². The molecule has 1 rings (SSSR count). The molecule has 0 heterocycles. The van der Waals surface area contributed by atoms with E-state index in [4.69, 9.17) is 14.2 Å². The van der Waals surface area contributed by atoms with Gasteiger partial charge >= 0.3 is 17.9 Å². The Hall–Kier alpha value is -2.02. The summed E-state index contributed by atoms with van der Waals surface area (Å²) in [5.74, 6) is -2.48. The zero-order valence-corrected chi connectivity index (χ0v) is 17.8. The fourth-order valence-corrected chi connectivity index (χ4v) is 3.36. The largest absolute Gasteiger partial charge is 0.469 e. The summed E-state index contributed by atoms with van der Waals surface area (Å²) in [4.78, 5) is 37.6. The molecule has 0 radical (unpaired) electrons. The average molecular weight is 397 g/mol. The van der Waals surface area contributed by atoms with Gasteiger partial charge in [0.25, 0.3) is 0 Å². The average Bonchev–Trinajstić information content (AvgIpc) is 2.57. The van der Waals surface area contributed by atoms with Gasteiger partial charge in [0.2, 0.25) is 0 Å². The Morgan fingerprint density at radius 1 is 1.07 bits per heavy atom. The minimum absolute atomic E-state index is 0.179. The van der Waals surface area contributed by atoms with Gasteiger partial charge in [-0.2, -0.15) is 0 Å². The van der Waals surface area contributed by atoms with Crippen LogP contribution in [0, 0.1) is 0 Å². The molecule has 0 aliphatic carbocycles. The van der Waals surface area contributed by atoms with E-state index in [0.717, 1.165) is 4.90 Å². The number of benzene rings is 1. The highest BCUT2D eigenvalue weighted by atomic mass is 32.2. The van der Waals surface area contributed by atoms with Crippen molar-refractivity contribution in [2.75, 3.05) is 14.2 Å². The number of methoxy groups -OCH3 is 2. The van der Waals surface area contributed by atoms with E-state index in [-0.39, 0.29) is 11.7 Å². The molecule has 6 nitrogen and oxygen atoms in total. The van der Waals surface area contributed by atoms with Crippen LogP contribution in [-0.4, -0.2) is 43.0 Å². The molecule has 0 fully saturated rings. The number of hydrogen-bond donors (Lipinski definition) is 0. The lowest BCUT2D eigenvalue weighted by molar-refractivity contribution is -0.159. The molecule has 0 N–H and O–H groups in total. The third-order valence-electron chi connectivity index (χ3n) is 3.46. The molecule has 0 aliphatic rings. The van der Waals surface area contributed by atoms with Crippen LogP contribution in [0.3, 0.4) is 0 Å². The van der Waals surface area contributed by atoms with Gasteiger partial charge in [0, 0.05) is 10.1 Å². The highest BCUT2D eigenvalue weighted by Gasteiger charge is 2.32. The topological polar surface area (TPSA) is 78.9 Å². The molecule has 0 amide bonds. The highest BCUT2D eigenvalue weighted by molar-refractivity contribution is 8.00. The maximum atomic E-state index is 12.8. The van der Waals surface area contributed by atoms with Crippen LogP contribution in [0.1, 0.15) is 62.9 Å². The SMILES string of the molecule is COC(=O)CC(C(=O)OC(C)(C)C)c1cc(C(=O)OC)ccc1SC(C)C. The first-order valence-electron chi connectivity index (χ1n) is 8.67. The summed E-state index contributed by atoms with van der Waals surface area (Å²) in [7, 11) is 2.56. The number of ether oxygens (including phenoxy) is 3. The van der Waals surface area contributed by atoms with Gasteiger partial charge in [-0.05, 0) is 44.5 Å². The zero-order chi connectivity index (χ0) is 20.8. The number of thioether (sulfide) groups is 1. The second-order valence-corrected chi connectivity index (χ2v) is 8.90. The molecule has 0 spiro atoms. The molecule has 0 aliphatic heterocycles. The normalized spacial score (nSPS) is 12.4. The van der Waals surface area contributed by atoms with Crippen LogP contribution in [0.2, 0.25) is 0 Å². The maximum Gasteiger partial charge on any atom is 0.337 e. The first kappa shape index (κ1) is 23.0. The Morgan fingerprint density at radius 3 is 2.19 bits per heavy atom. The van der Waals surface area contributed by atoms with Crippen LogP contribution in [0.15, 0.2) is 23.1 Å². The summed E-state index contributed by atoms with van der Waals surface area (Å²) < 4.78 is 15.1. The Morgan fingerprint density at radius 2 is 1.70 bits per heavy atom. The second kappa shape index (κ2) is 9.78. The van der Waals surface area contributed by atoms with Gasteiger partial charge in [0.1, 0.15) is 5.60 Å². The van der Waals surface area contributed by atoms with Crippen molar-refractivity contribution in [3.05, 3.63) is 29.3 Å². The predicted octanol–water partition coefficient (Wildman–Crippen LogP) is 3.96. The molecular formula is C20H28O6S. The van der Waals surface area contributed by atoms with Crippen molar-refractivity contribution in [2.24, 2.45) is 0 Å². The Bertz CT molecular complexity index is 690. The molecule has 0 bridgehead atoms. The molecule has 0 saturated carbocycles. The van der Waals surface area contributed by atoms with E-state index >= 15 is 0 Å². The van der Waals surface area contributed by atoms with Crippen LogP contribution < -0.4 is 0 Å². The number of hydrogen-bond acceptors (Lipinski definition) is 7. The standard InChI is InChI=1S/C20H28O6S/c1-12(2)27-16-9-8-13(18(22)25-7)10-14(16)15(11-17(21)24-6)19(23)26-20(3,4)5/h8-10,12,15H,11H2,1-7H3. The van der Waals surface area contributed by atoms with Crippen LogP contribution >= 0.6 is 11.8 Å². The van der Waals surface area contributed by atoms with Gasteiger partial charge in [-0.25, -0.2) is 4.79 Å². The van der Waals surface area contributed by atoms with Gasteiger partial charge in [-0.3, -0.25) is 9.59 Å². The first-order chi connectivity index (χ1) is 12.5. The molecular weight excluding hydrogens is 368 g/mol. The molecule has 0 saturated heterocycles. The van der Waals surface area contributed by atoms with E-state index in [1.54, 1.807) is 39.0 Å². The first-order valence-corrected chi connectivity index (χ1v) is 9.55. The van der Waals surface area contributed by atoms with E-state index in [2.05, 4.69) is 0 Å². The molecule has 150 valence electrons.